The number of ketones is 2. The summed E-state index contributed by atoms with van der Waals surface area (Å²) in [7, 11) is 1.23. The minimum Gasteiger partial charge on any atom is -0.465 e. The fourth-order valence-corrected chi connectivity index (χ4v) is 8.39. The number of hydrogen-bond donors (Lipinski definition) is 0. The van der Waals surface area contributed by atoms with Gasteiger partial charge in [0.15, 0.2) is 0 Å². The molecule has 0 spiro atoms. The van der Waals surface area contributed by atoms with E-state index in [1.54, 1.807) is 30.3 Å². The standard InChI is InChI=1S/C29H23O4P/c1-33-29(32)28(27(31)26(30)22-14-6-2-7-15-22)34(23-16-8-3-9-17-23,24-18-10-4-11-19-24)25-20-12-5-13-21-25/h2-21H,1H3. The van der Waals surface area contributed by atoms with E-state index in [0.29, 0.717) is 0 Å². The van der Waals surface area contributed by atoms with E-state index < -0.39 is 24.4 Å². The SMILES string of the molecule is COC(=O)C(C(=O)C(=O)c1ccccc1)=P(c1ccccc1)(c1ccccc1)c1ccccc1. The lowest BCUT2D eigenvalue weighted by Crippen LogP contribution is -2.40. The molecule has 0 radical (unpaired) electrons. The maximum atomic E-state index is 14.0. The van der Waals surface area contributed by atoms with Crippen molar-refractivity contribution >= 4 is 45.6 Å². The van der Waals surface area contributed by atoms with Gasteiger partial charge >= 0.3 is 5.97 Å². The molecular formula is C29H23O4P. The molecule has 0 fully saturated rings. The fourth-order valence-electron chi connectivity index (χ4n) is 4.10. The number of hydrogen-bond acceptors (Lipinski definition) is 4. The maximum Gasteiger partial charge on any atom is 0.343 e. The monoisotopic (exact) mass is 466 g/mol. The summed E-state index contributed by atoms with van der Waals surface area (Å²) in [4.78, 5) is 40.8. The van der Waals surface area contributed by atoms with Crippen molar-refractivity contribution in [2.45, 2.75) is 0 Å². The Hall–Kier alpha value is -4.01. The molecule has 0 aliphatic carbocycles. The number of ether oxygens (including phenoxy) is 1. The van der Waals surface area contributed by atoms with Crippen LogP contribution in [-0.2, 0) is 14.3 Å². The van der Waals surface area contributed by atoms with Crippen molar-refractivity contribution in [3.63, 3.8) is 0 Å². The van der Waals surface area contributed by atoms with E-state index >= 15 is 0 Å². The molecule has 0 amide bonds. The van der Waals surface area contributed by atoms with Gasteiger partial charge in [0.1, 0.15) is 5.29 Å². The van der Waals surface area contributed by atoms with Gasteiger partial charge in [-0.05, 0) is 22.8 Å². The molecule has 5 heteroatoms. The van der Waals surface area contributed by atoms with Crippen LogP contribution in [0.1, 0.15) is 10.4 Å². The third-order valence-electron chi connectivity index (χ3n) is 5.60. The highest BCUT2D eigenvalue weighted by Gasteiger charge is 2.39. The Bertz CT molecular complexity index is 1260. The molecule has 0 aliphatic rings. The first-order chi connectivity index (χ1) is 16.6. The van der Waals surface area contributed by atoms with Crippen LogP contribution in [0.3, 0.4) is 0 Å². The van der Waals surface area contributed by atoms with Gasteiger partial charge in [-0.1, -0.05) is 121 Å². The van der Waals surface area contributed by atoms with Crippen molar-refractivity contribution in [3.8, 4) is 0 Å². The number of methoxy groups -OCH3 is 1. The fraction of sp³-hybridized carbons (Fsp3) is 0.0345. The van der Waals surface area contributed by atoms with Crippen molar-refractivity contribution < 1.29 is 19.1 Å². The van der Waals surface area contributed by atoms with E-state index in [1.807, 2.05) is 91.0 Å². The molecule has 4 aromatic rings. The smallest absolute Gasteiger partial charge is 0.343 e. The Labute approximate surface area is 198 Å². The lowest BCUT2D eigenvalue weighted by Gasteiger charge is -2.31. The summed E-state index contributed by atoms with van der Waals surface area (Å²) in [5, 5.41) is 2.19. The van der Waals surface area contributed by atoms with Gasteiger partial charge in [-0.25, -0.2) is 4.79 Å². The Balaban J connectivity index is 2.21. The molecule has 0 aromatic heterocycles. The highest BCUT2D eigenvalue weighted by Crippen LogP contribution is 2.46. The minimum absolute atomic E-state index is 0.146. The van der Waals surface area contributed by atoms with Crippen LogP contribution in [0.5, 0.6) is 0 Å². The third-order valence-corrected chi connectivity index (χ3v) is 9.88. The Kier molecular flexibility index (Phi) is 7.01. The van der Waals surface area contributed by atoms with Crippen molar-refractivity contribution in [2.75, 3.05) is 7.11 Å². The second-order valence-corrected chi connectivity index (χ2v) is 10.9. The van der Waals surface area contributed by atoms with Gasteiger partial charge in [0.25, 0.3) is 0 Å². The Morgan fingerprint density at radius 3 is 1.26 bits per heavy atom. The van der Waals surface area contributed by atoms with Gasteiger partial charge in [-0.2, -0.15) is 0 Å². The first-order valence-corrected chi connectivity index (χ1v) is 12.6. The zero-order valence-electron chi connectivity index (χ0n) is 18.6. The van der Waals surface area contributed by atoms with E-state index in [-0.39, 0.29) is 10.9 Å². The van der Waals surface area contributed by atoms with Crippen LogP contribution in [-0.4, -0.2) is 29.9 Å². The number of carbonyl (C=O) groups excluding carboxylic acids is 3. The molecule has 0 bridgehead atoms. The lowest BCUT2D eigenvalue weighted by molar-refractivity contribution is -0.133. The van der Waals surface area contributed by atoms with E-state index in [2.05, 4.69) is 0 Å². The average molecular weight is 466 g/mol. The lowest BCUT2D eigenvalue weighted by atomic mass is 10.1. The first-order valence-electron chi connectivity index (χ1n) is 10.8. The molecule has 0 aliphatic heterocycles. The summed E-state index contributed by atoms with van der Waals surface area (Å²) in [6.45, 7) is -3.09. The molecule has 0 unspecified atom stereocenters. The number of Topliss-reactive ketones (excluding diaryl/α,β-unsaturated/α-hetero) is 2. The Morgan fingerprint density at radius 2 is 0.912 bits per heavy atom. The molecule has 0 saturated carbocycles. The zero-order chi connectivity index (χ0) is 24.0. The van der Waals surface area contributed by atoms with Crippen molar-refractivity contribution in [1.29, 1.82) is 0 Å². The summed E-state index contributed by atoms with van der Waals surface area (Å²) < 4.78 is 5.17. The van der Waals surface area contributed by atoms with E-state index in [1.165, 1.54) is 7.11 Å². The molecule has 4 nitrogen and oxygen atoms in total. The normalized spacial score (nSPS) is 10.9. The highest BCUT2D eigenvalue weighted by molar-refractivity contribution is 7.98. The van der Waals surface area contributed by atoms with Gasteiger partial charge < -0.3 is 4.74 Å². The minimum atomic E-state index is -3.09. The van der Waals surface area contributed by atoms with Crippen LogP contribution in [0.25, 0.3) is 0 Å². The van der Waals surface area contributed by atoms with Crippen LogP contribution in [0.2, 0.25) is 0 Å². The molecule has 0 saturated heterocycles. The van der Waals surface area contributed by atoms with Crippen LogP contribution >= 0.6 is 6.89 Å². The molecule has 0 N–H and O–H groups in total. The second-order valence-electron chi connectivity index (χ2n) is 7.54. The Morgan fingerprint density at radius 1 is 0.559 bits per heavy atom. The zero-order valence-corrected chi connectivity index (χ0v) is 19.5. The molecule has 4 rings (SSSR count). The quantitative estimate of drug-likeness (QED) is 0.137. The van der Waals surface area contributed by atoms with E-state index in [0.717, 1.165) is 15.9 Å². The van der Waals surface area contributed by atoms with E-state index in [9.17, 15) is 14.4 Å². The van der Waals surface area contributed by atoms with Crippen LogP contribution in [0.4, 0.5) is 0 Å². The average Bonchev–Trinajstić information content (AvgIpc) is 2.92. The summed E-state index contributed by atoms with van der Waals surface area (Å²) in [5.41, 5.74) is 0.223. The van der Waals surface area contributed by atoms with Crippen molar-refractivity contribution in [3.05, 3.63) is 127 Å². The predicted molar refractivity (Wildman–Crippen MR) is 138 cm³/mol. The second kappa shape index (κ2) is 10.3. The molecule has 168 valence electrons. The molecular weight excluding hydrogens is 443 g/mol. The van der Waals surface area contributed by atoms with E-state index in [4.69, 9.17) is 4.74 Å². The van der Waals surface area contributed by atoms with Crippen LogP contribution in [0.15, 0.2) is 121 Å². The van der Waals surface area contributed by atoms with Crippen molar-refractivity contribution in [2.24, 2.45) is 0 Å². The number of esters is 1. The predicted octanol–water partition coefficient (Wildman–Crippen LogP) is 3.78. The van der Waals surface area contributed by atoms with Crippen molar-refractivity contribution in [1.82, 2.24) is 0 Å². The summed E-state index contributed by atoms with van der Waals surface area (Å²) in [6, 6.07) is 36.5. The van der Waals surface area contributed by atoms with Crippen LogP contribution < -0.4 is 15.9 Å². The largest absolute Gasteiger partial charge is 0.465 e. The number of carbonyl (C=O) groups is 3. The van der Waals surface area contributed by atoms with Gasteiger partial charge in [-0.3, -0.25) is 9.59 Å². The summed E-state index contributed by atoms with van der Waals surface area (Å²) in [6.07, 6.45) is 0. The topological polar surface area (TPSA) is 60.4 Å². The number of rotatable bonds is 7. The number of benzene rings is 4. The molecule has 0 atom stereocenters. The highest BCUT2D eigenvalue weighted by atomic mass is 31.2. The van der Waals surface area contributed by atoms with Gasteiger partial charge in [-0.15, -0.1) is 0 Å². The molecule has 4 aromatic carbocycles. The molecule has 34 heavy (non-hydrogen) atoms. The molecule has 0 heterocycles. The van der Waals surface area contributed by atoms with Crippen LogP contribution in [0, 0.1) is 0 Å². The van der Waals surface area contributed by atoms with Gasteiger partial charge in [0.05, 0.1) is 7.11 Å². The van der Waals surface area contributed by atoms with Gasteiger partial charge in [0.2, 0.25) is 11.6 Å². The maximum absolute atomic E-state index is 14.0. The third kappa shape index (κ3) is 4.16. The summed E-state index contributed by atoms with van der Waals surface area (Å²) >= 11 is 0. The summed E-state index contributed by atoms with van der Waals surface area (Å²) in [5.74, 6) is -2.41. The van der Waals surface area contributed by atoms with Gasteiger partial charge in [0, 0.05) is 5.56 Å². The first kappa shape index (κ1) is 23.2.